The van der Waals surface area contributed by atoms with E-state index in [2.05, 4.69) is 10.1 Å². The second-order valence-corrected chi connectivity index (χ2v) is 9.81. The van der Waals surface area contributed by atoms with E-state index < -0.39 is 61.6 Å². The van der Waals surface area contributed by atoms with E-state index in [1.807, 2.05) is 0 Å². The minimum atomic E-state index is -4.35. The van der Waals surface area contributed by atoms with Crippen molar-refractivity contribution in [3.05, 3.63) is 24.2 Å². The number of hydrogen-bond acceptors (Lipinski definition) is 8. The highest BCUT2D eigenvalue weighted by Gasteiger charge is 2.57. The van der Waals surface area contributed by atoms with E-state index in [9.17, 15) is 32.2 Å². The molecule has 2 aromatic rings. The van der Waals surface area contributed by atoms with Crippen molar-refractivity contribution in [3.8, 4) is 0 Å². The summed E-state index contributed by atoms with van der Waals surface area (Å²) in [5, 5.41) is 25.5. The van der Waals surface area contributed by atoms with E-state index in [1.54, 1.807) is 12.1 Å². The van der Waals surface area contributed by atoms with Gasteiger partial charge in [-0.05, 0) is 25.0 Å². The van der Waals surface area contributed by atoms with E-state index in [0.29, 0.717) is 11.2 Å². The Hall–Kier alpha value is -2.13. The van der Waals surface area contributed by atoms with Crippen LogP contribution in [0.4, 0.5) is 27.8 Å². The summed E-state index contributed by atoms with van der Waals surface area (Å²) in [5.41, 5.74) is 5.75. The molecular weight excluding hydrogens is 479 g/mol. The fraction of sp³-hybridized carbons (Fsp3) is 0.714. The number of hydrogen-bond donors (Lipinski definition) is 3. The number of fused-ring (bicyclic) bond motifs is 1. The molecule has 3 fully saturated rings. The van der Waals surface area contributed by atoms with E-state index in [4.69, 9.17) is 10.5 Å². The highest BCUT2D eigenvalue weighted by molar-refractivity contribution is 5.65. The molecule has 4 atom stereocenters. The first-order valence-electron chi connectivity index (χ1n) is 11.4. The van der Waals surface area contributed by atoms with Crippen molar-refractivity contribution >= 4 is 11.3 Å². The zero-order valence-corrected chi connectivity index (χ0v) is 18.7. The summed E-state index contributed by atoms with van der Waals surface area (Å²) in [4.78, 5) is 6.65. The van der Waals surface area contributed by atoms with Gasteiger partial charge in [0.25, 0.3) is 5.92 Å². The second kappa shape index (κ2) is 8.47. The number of anilines is 1. The van der Waals surface area contributed by atoms with Gasteiger partial charge in [-0.15, -0.1) is 0 Å². The fourth-order valence-electron chi connectivity index (χ4n) is 5.78. The van der Waals surface area contributed by atoms with Crippen molar-refractivity contribution in [3.63, 3.8) is 0 Å². The number of nitrogens with two attached hydrogens (primary N) is 1. The minimum absolute atomic E-state index is 0.0443. The highest BCUT2D eigenvalue weighted by Crippen LogP contribution is 2.47. The average molecular weight is 506 g/mol. The minimum Gasteiger partial charge on any atom is -0.388 e. The third kappa shape index (κ3) is 4.57. The van der Waals surface area contributed by atoms with Crippen LogP contribution in [0.3, 0.4) is 0 Å². The van der Waals surface area contributed by atoms with Gasteiger partial charge >= 0.3 is 6.18 Å². The SMILES string of the molecule is Nc1ncnn2c([C@@H]3O[C@H](CN4CC(F)(F)CC45CCN(CC(F)(F)F)CC5)[C@@H](O)[C@H]3O)ccc12. The van der Waals surface area contributed by atoms with Gasteiger partial charge in [-0.3, -0.25) is 9.80 Å². The Morgan fingerprint density at radius 2 is 1.86 bits per heavy atom. The Morgan fingerprint density at radius 3 is 2.54 bits per heavy atom. The Kier molecular flexibility index (Phi) is 5.95. The third-order valence-electron chi connectivity index (χ3n) is 7.44. The number of aromatic nitrogens is 3. The Bertz CT molecular complexity index is 1070. The molecule has 0 saturated carbocycles. The van der Waals surface area contributed by atoms with Crippen LogP contribution in [0.2, 0.25) is 0 Å². The number of piperidine rings is 1. The first-order valence-corrected chi connectivity index (χ1v) is 11.4. The van der Waals surface area contributed by atoms with Crippen molar-refractivity contribution in [1.82, 2.24) is 24.4 Å². The van der Waals surface area contributed by atoms with Gasteiger partial charge in [0, 0.05) is 31.6 Å². The van der Waals surface area contributed by atoms with Crippen molar-refractivity contribution in [2.75, 3.05) is 38.5 Å². The molecule has 4 N–H and O–H groups in total. The molecule has 3 saturated heterocycles. The van der Waals surface area contributed by atoms with Crippen LogP contribution < -0.4 is 5.73 Å². The van der Waals surface area contributed by atoms with E-state index in [1.165, 1.54) is 20.6 Å². The van der Waals surface area contributed by atoms with Gasteiger partial charge in [0.2, 0.25) is 0 Å². The first kappa shape index (κ1) is 24.6. The summed E-state index contributed by atoms with van der Waals surface area (Å²) >= 11 is 0. The maximum absolute atomic E-state index is 14.5. The molecule has 194 valence electrons. The van der Waals surface area contributed by atoms with Crippen LogP contribution in [0.1, 0.15) is 31.1 Å². The maximum atomic E-state index is 14.5. The van der Waals surface area contributed by atoms with Crippen LogP contribution >= 0.6 is 0 Å². The Balaban J connectivity index is 1.32. The first-order chi connectivity index (χ1) is 16.4. The summed E-state index contributed by atoms with van der Waals surface area (Å²) < 4.78 is 74.8. The van der Waals surface area contributed by atoms with Crippen LogP contribution in [0.25, 0.3) is 5.52 Å². The van der Waals surface area contributed by atoms with Gasteiger partial charge in [-0.25, -0.2) is 18.3 Å². The summed E-state index contributed by atoms with van der Waals surface area (Å²) in [6.45, 7) is -1.66. The highest BCUT2D eigenvalue weighted by atomic mass is 19.4. The van der Waals surface area contributed by atoms with Gasteiger partial charge in [0.05, 0.1) is 24.9 Å². The van der Waals surface area contributed by atoms with Gasteiger partial charge in [0.15, 0.2) is 5.82 Å². The molecule has 9 nitrogen and oxygen atoms in total. The van der Waals surface area contributed by atoms with Crippen molar-refractivity contribution in [1.29, 1.82) is 0 Å². The zero-order valence-electron chi connectivity index (χ0n) is 18.7. The third-order valence-corrected chi connectivity index (χ3v) is 7.44. The molecule has 0 aliphatic carbocycles. The number of nitrogens with zero attached hydrogens (tertiary/aromatic N) is 5. The number of aliphatic hydroxyl groups excluding tert-OH is 2. The lowest BCUT2D eigenvalue weighted by atomic mass is 9.84. The normalized spacial score (nSPS) is 31.6. The summed E-state index contributed by atoms with van der Waals surface area (Å²) in [5.74, 6) is -2.80. The second-order valence-electron chi connectivity index (χ2n) is 9.81. The molecule has 14 heteroatoms. The molecule has 1 spiro atoms. The van der Waals surface area contributed by atoms with E-state index >= 15 is 0 Å². The van der Waals surface area contributed by atoms with E-state index in [0.717, 1.165) is 0 Å². The number of rotatable bonds is 4. The molecule has 3 aliphatic rings. The largest absolute Gasteiger partial charge is 0.401 e. The average Bonchev–Trinajstić information content (AvgIpc) is 3.38. The van der Waals surface area contributed by atoms with Crippen LogP contribution in [-0.2, 0) is 4.74 Å². The number of halogens is 5. The number of alkyl halides is 5. The standard InChI is InChI=1S/C21H27F5N6O3/c22-20(23)8-19(3-5-30(6-4-19)10-21(24,25)26)31(9-20)7-14-15(33)16(34)17(35-14)12-1-2-13-18(27)28-11-29-32(12)13/h1-2,11,14-17,33-34H,3-10H2,(H2,27,28,29)/t14-,15-,16-,17+/m1/s1. The quantitative estimate of drug-likeness (QED) is 0.531. The molecule has 5 rings (SSSR count). The maximum Gasteiger partial charge on any atom is 0.401 e. The Morgan fingerprint density at radius 1 is 1.14 bits per heavy atom. The molecule has 2 aromatic heterocycles. The van der Waals surface area contributed by atoms with Crippen molar-refractivity contribution in [2.24, 2.45) is 0 Å². The van der Waals surface area contributed by atoms with E-state index in [-0.39, 0.29) is 38.3 Å². The molecular formula is C21H27F5N6O3. The molecule has 0 radical (unpaired) electrons. The molecule has 3 aliphatic heterocycles. The van der Waals surface area contributed by atoms with Gasteiger partial charge in [-0.2, -0.15) is 18.3 Å². The molecule has 0 unspecified atom stereocenters. The predicted octanol–water partition coefficient (Wildman–Crippen LogP) is 1.21. The van der Waals surface area contributed by atoms with Crippen LogP contribution in [0.15, 0.2) is 18.5 Å². The Labute approximate surface area is 197 Å². The lowest BCUT2D eigenvalue weighted by Gasteiger charge is -2.45. The van der Waals surface area contributed by atoms with Gasteiger partial charge in [-0.1, -0.05) is 0 Å². The lowest BCUT2D eigenvalue weighted by molar-refractivity contribution is -0.151. The molecule has 35 heavy (non-hydrogen) atoms. The molecule has 0 aromatic carbocycles. The van der Waals surface area contributed by atoms with Crippen LogP contribution in [0, 0.1) is 0 Å². The van der Waals surface area contributed by atoms with Gasteiger partial charge in [0.1, 0.15) is 30.2 Å². The fourth-order valence-corrected chi connectivity index (χ4v) is 5.78. The molecule has 5 heterocycles. The van der Waals surface area contributed by atoms with Crippen LogP contribution in [0.5, 0.6) is 0 Å². The predicted molar refractivity (Wildman–Crippen MR) is 113 cm³/mol. The summed E-state index contributed by atoms with van der Waals surface area (Å²) in [7, 11) is 0. The van der Waals surface area contributed by atoms with Gasteiger partial charge < -0.3 is 20.7 Å². The zero-order chi connectivity index (χ0) is 25.2. The monoisotopic (exact) mass is 506 g/mol. The topological polar surface area (TPSA) is 112 Å². The number of aliphatic hydroxyl groups is 2. The van der Waals surface area contributed by atoms with Crippen molar-refractivity contribution in [2.45, 2.75) is 61.3 Å². The molecule has 0 amide bonds. The van der Waals surface area contributed by atoms with Crippen molar-refractivity contribution < 1.29 is 36.9 Å². The summed E-state index contributed by atoms with van der Waals surface area (Å²) in [6.07, 6.45) is -7.97. The number of likely N-dealkylation sites (tertiary alicyclic amines) is 2. The number of ether oxygens (including phenoxy) is 1. The molecule has 0 bridgehead atoms. The smallest absolute Gasteiger partial charge is 0.388 e. The lowest BCUT2D eigenvalue weighted by Crippen LogP contribution is -2.55. The number of nitrogen functional groups attached to an aromatic ring is 1. The van der Waals surface area contributed by atoms with Crippen LogP contribution in [-0.4, -0.2) is 103 Å². The summed E-state index contributed by atoms with van der Waals surface area (Å²) in [6, 6.07) is 3.27.